The fraction of sp³-hybridized carbons (Fsp3) is 0.167. The lowest BCUT2D eigenvalue weighted by Gasteiger charge is -2.12. The SMILES string of the molecule is N#Cc1nn(-c2c(F)cc(C(F)(F)F)cc2Cl)c(N)c1SC(F)(F)Cl. The van der Waals surface area contributed by atoms with Crippen LogP contribution >= 0.6 is 35.0 Å². The van der Waals surface area contributed by atoms with Crippen molar-refractivity contribution in [2.75, 3.05) is 5.73 Å². The summed E-state index contributed by atoms with van der Waals surface area (Å²) in [5, 5.41) is 11.7. The highest BCUT2D eigenvalue weighted by atomic mass is 35.5. The van der Waals surface area contributed by atoms with Gasteiger partial charge in [0.05, 0.1) is 15.5 Å². The van der Waals surface area contributed by atoms with Gasteiger partial charge in [-0.1, -0.05) is 11.6 Å². The highest BCUT2D eigenvalue weighted by Crippen LogP contribution is 2.44. The number of thioether (sulfide) groups is 1. The van der Waals surface area contributed by atoms with Crippen LogP contribution in [0.3, 0.4) is 0 Å². The van der Waals surface area contributed by atoms with Gasteiger partial charge in [-0.25, -0.2) is 9.07 Å². The summed E-state index contributed by atoms with van der Waals surface area (Å²) in [7, 11) is 0. The van der Waals surface area contributed by atoms with Crippen molar-refractivity contribution < 1.29 is 26.3 Å². The first kappa shape index (κ1) is 19.6. The second kappa shape index (κ2) is 6.51. The number of hydrogen-bond donors (Lipinski definition) is 1. The summed E-state index contributed by atoms with van der Waals surface area (Å²) >= 11 is 10.1. The quantitative estimate of drug-likeness (QED) is 0.430. The molecule has 0 fully saturated rings. The van der Waals surface area contributed by atoms with Gasteiger partial charge in [0.2, 0.25) is 0 Å². The van der Waals surface area contributed by atoms with Gasteiger partial charge in [0.1, 0.15) is 17.6 Å². The Morgan fingerprint density at radius 3 is 2.28 bits per heavy atom. The lowest BCUT2D eigenvalue weighted by molar-refractivity contribution is -0.137. The third-order valence-electron chi connectivity index (χ3n) is 2.76. The lowest BCUT2D eigenvalue weighted by Crippen LogP contribution is -2.10. The summed E-state index contributed by atoms with van der Waals surface area (Å²) in [5.41, 5.74) is 2.85. The Hall–Kier alpha value is -1.77. The van der Waals surface area contributed by atoms with Gasteiger partial charge in [-0.05, 0) is 35.5 Å². The Balaban J connectivity index is 2.66. The molecular weight excluding hydrogens is 417 g/mol. The second-order valence-electron chi connectivity index (χ2n) is 4.42. The van der Waals surface area contributed by atoms with Crippen LogP contribution in [0.5, 0.6) is 0 Å². The van der Waals surface area contributed by atoms with Crippen molar-refractivity contribution in [2.24, 2.45) is 0 Å². The number of nitrogen functional groups attached to an aromatic ring is 1. The molecule has 2 aromatic rings. The van der Waals surface area contributed by atoms with Crippen LogP contribution in [-0.2, 0) is 6.18 Å². The van der Waals surface area contributed by atoms with Crippen LogP contribution in [-0.4, -0.2) is 14.5 Å². The first-order valence-electron chi connectivity index (χ1n) is 5.96. The third kappa shape index (κ3) is 4.08. The summed E-state index contributed by atoms with van der Waals surface area (Å²) in [6.07, 6.45) is -4.86. The second-order valence-corrected chi connectivity index (χ2v) is 6.65. The summed E-state index contributed by atoms with van der Waals surface area (Å²) in [5.74, 6) is -2.10. The zero-order chi connectivity index (χ0) is 19.2. The molecule has 134 valence electrons. The normalized spacial score (nSPS) is 12.3. The molecule has 0 spiro atoms. The Bertz CT molecular complexity index is 845. The van der Waals surface area contributed by atoms with Gasteiger partial charge < -0.3 is 5.73 Å². The van der Waals surface area contributed by atoms with Crippen LogP contribution in [0, 0.1) is 17.1 Å². The molecule has 0 saturated carbocycles. The Labute approximate surface area is 150 Å². The summed E-state index contributed by atoms with van der Waals surface area (Å²) in [6.45, 7) is 0. The van der Waals surface area contributed by atoms with E-state index in [0.29, 0.717) is 10.7 Å². The number of benzene rings is 1. The molecule has 0 aliphatic heterocycles. The van der Waals surface area contributed by atoms with Crippen molar-refractivity contribution >= 4 is 40.8 Å². The van der Waals surface area contributed by atoms with Gasteiger partial charge in [-0.3, -0.25) is 0 Å². The molecule has 0 unspecified atom stereocenters. The van der Waals surface area contributed by atoms with Crippen molar-refractivity contribution in [3.63, 3.8) is 0 Å². The first-order valence-corrected chi connectivity index (χ1v) is 7.53. The lowest BCUT2D eigenvalue weighted by atomic mass is 10.2. The standard InChI is InChI=1S/C12H4Cl2F6N4S/c13-5-1-4(11(16,17)18)2-6(15)8(5)24-10(22)9(7(3-21)23-24)25-12(14,19)20/h1-2H,22H2. The molecule has 1 aromatic heterocycles. The summed E-state index contributed by atoms with van der Waals surface area (Å²) < 4.78 is 74.6. The number of nitriles is 1. The maximum atomic E-state index is 14.1. The maximum Gasteiger partial charge on any atom is 0.416 e. The van der Waals surface area contributed by atoms with Crippen molar-refractivity contribution in [1.82, 2.24) is 9.78 Å². The molecule has 0 aliphatic carbocycles. The van der Waals surface area contributed by atoms with E-state index in [-0.39, 0.29) is 17.8 Å². The number of aromatic nitrogens is 2. The number of alkyl halides is 6. The van der Waals surface area contributed by atoms with E-state index in [0.717, 1.165) is 0 Å². The Morgan fingerprint density at radius 1 is 1.24 bits per heavy atom. The summed E-state index contributed by atoms with van der Waals surface area (Å²) in [6, 6.07) is 2.00. The largest absolute Gasteiger partial charge is 0.416 e. The van der Waals surface area contributed by atoms with Gasteiger partial charge >= 0.3 is 10.9 Å². The van der Waals surface area contributed by atoms with E-state index < -0.39 is 49.4 Å². The highest BCUT2D eigenvalue weighted by Gasteiger charge is 2.35. The molecule has 25 heavy (non-hydrogen) atoms. The zero-order valence-corrected chi connectivity index (χ0v) is 13.8. The first-order chi connectivity index (χ1) is 11.3. The third-order valence-corrected chi connectivity index (χ3v) is 4.11. The van der Waals surface area contributed by atoms with Crippen LogP contribution in [0.2, 0.25) is 5.02 Å². The van der Waals surface area contributed by atoms with Crippen molar-refractivity contribution in [1.29, 1.82) is 5.26 Å². The minimum absolute atomic E-state index is 0.136. The Morgan fingerprint density at radius 2 is 1.84 bits per heavy atom. The molecule has 0 saturated heterocycles. The molecule has 0 bridgehead atoms. The van der Waals surface area contributed by atoms with Gasteiger partial charge in [0.15, 0.2) is 11.5 Å². The van der Waals surface area contributed by atoms with E-state index in [4.69, 9.17) is 34.2 Å². The van der Waals surface area contributed by atoms with Gasteiger partial charge in [0, 0.05) is 0 Å². The molecule has 0 amide bonds. The predicted octanol–water partition coefficient (Wildman–Crippen LogP) is 5.02. The number of halogens is 8. The average Bonchev–Trinajstić information content (AvgIpc) is 2.73. The van der Waals surface area contributed by atoms with Crippen LogP contribution in [0.4, 0.5) is 32.2 Å². The molecule has 13 heteroatoms. The minimum Gasteiger partial charge on any atom is -0.383 e. The van der Waals surface area contributed by atoms with Crippen LogP contribution in [0.25, 0.3) is 5.69 Å². The number of hydrogen-bond acceptors (Lipinski definition) is 4. The van der Waals surface area contributed by atoms with E-state index in [9.17, 15) is 26.3 Å². The van der Waals surface area contributed by atoms with Gasteiger partial charge in [-0.2, -0.15) is 32.3 Å². The minimum atomic E-state index is -4.86. The van der Waals surface area contributed by atoms with E-state index in [1.165, 1.54) is 6.07 Å². The summed E-state index contributed by atoms with van der Waals surface area (Å²) in [4.78, 5) is -0.571. The highest BCUT2D eigenvalue weighted by molar-refractivity contribution is 8.01. The number of nitrogens with two attached hydrogens (primary N) is 1. The number of anilines is 1. The molecule has 1 heterocycles. The van der Waals surface area contributed by atoms with Crippen molar-refractivity contribution in [2.45, 2.75) is 15.8 Å². The van der Waals surface area contributed by atoms with Gasteiger partial charge in [0.25, 0.3) is 0 Å². The van der Waals surface area contributed by atoms with E-state index in [2.05, 4.69) is 5.10 Å². The van der Waals surface area contributed by atoms with Crippen LogP contribution < -0.4 is 5.73 Å². The maximum absolute atomic E-state index is 14.1. The molecule has 0 radical (unpaired) electrons. The number of nitrogens with zero attached hydrogens (tertiary/aromatic N) is 3. The van der Waals surface area contributed by atoms with E-state index in [1.807, 2.05) is 0 Å². The van der Waals surface area contributed by atoms with Crippen LogP contribution in [0.15, 0.2) is 17.0 Å². The molecule has 0 atom stereocenters. The molecule has 2 N–H and O–H groups in total. The van der Waals surface area contributed by atoms with E-state index in [1.54, 1.807) is 0 Å². The number of rotatable bonds is 3. The molecular formula is C12H4Cl2F6N4S. The van der Waals surface area contributed by atoms with E-state index >= 15 is 0 Å². The molecule has 2 rings (SSSR count). The van der Waals surface area contributed by atoms with Crippen molar-refractivity contribution in [3.8, 4) is 11.8 Å². The molecule has 4 nitrogen and oxygen atoms in total. The van der Waals surface area contributed by atoms with Crippen LogP contribution in [0.1, 0.15) is 11.3 Å². The monoisotopic (exact) mass is 420 g/mol. The fourth-order valence-corrected chi connectivity index (χ4v) is 2.93. The fourth-order valence-electron chi connectivity index (χ4n) is 1.81. The smallest absolute Gasteiger partial charge is 0.383 e. The predicted molar refractivity (Wildman–Crippen MR) is 79.3 cm³/mol. The average molecular weight is 421 g/mol. The Kier molecular flexibility index (Phi) is 5.09. The topological polar surface area (TPSA) is 67.6 Å². The molecule has 1 aromatic carbocycles. The zero-order valence-electron chi connectivity index (χ0n) is 11.5. The van der Waals surface area contributed by atoms with Crippen molar-refractivity contribution in [3.05, 3.63) is 34.2 Å². The molecule has 0 aliphatic rings. The van der Waals surface area contributed by atoms with Gasteiger partial charge in [-0.15, -0.1) is 0 Å².